The summed E-state index contributed by atoms with van der Waals surface area (Å²) in [6.45, 7) is 1.39. The van der Waals surface area contributed by atoms with Crippen LogP contribution in [0.2, 0.25) is 0 Å². The van der Waals surface area contributed by atoms with Gasteiger partial charge in [0.15, 0.2) is 6.10 Å². The van der Waals surface area contributed by atoms with Gasteiger partial charge in [0, 0.05) is 17.0 Å². The van der Waals surface area contributed by atoms with Crippen molar-refractivity contribution < 1.29 is 19.2 Å². The summed E-state index contributed by atoms with van der Waals surface area (Å²) in [6, 6.07) is 13.3. The van der Waals surface area contributed by atoms with Gasteiger partial charge in [-0.1, -0.05) is 24.3 Å². The summed E-state index contributed by atoms with van der Waals surface area (Å²) >= 11 is 1.61. The predicted octanol–water partition coefficient (Wildman–Crippen LogP) is 3.90. The Morgan fingerprint density at radius 2 is 1.85 bits per heavy atom. The van der Waals surface area contributed by atoms with Crippen molar-refractivity contribution in [2.75, 3.05) is 11.6 Å². The van der Waals surface area contributed by atoms with Gasteiger partial charge >= 0.3 is 5.97 Å². The van der Waals surface area contributed by atoms with Gasteiger partial charge in [-0.2, -0.15) is 0 Å². The number of nitrogens with one attached hydrogen (secondary N) is 1. The van der Waals surface area contributed by atoms with E-state index in [0.29, 0.717) is 0 Å². The molecular weight excluding hydrogens is 368 g/mol. The van der Waals surface area contributed by atoms with Gasteiger partial charge in [-0.3, -0.25) is 14.9 Å². The van der Waals surface area contributed by atoms with Crippen LogP contribution in [-0.2, 0) is 14.3 Å². The van der Waals surface area contributed by atoms with Crippen LogP contribution in [0.25, 0.3) is 6.08 Å². The van der Waals surface area contributed by atoms with Crippen molar-refractivity contribution in [1.82, 2.24) is 0 Å². The summed E-state index contributed by atoms with van der Waals surface area (Å²) in [4.78, 5) is 35.5. The lowest BCUT2D eigenvalue weighted by molar-refractivity contribution is -0.383. The zero-order valence-electron chi connectivity index (χ0n) is 14.7. The number of benzene rings is 2. The molecule has 0 saturated carbocycles. The number of rotatable bonds is 7. The zero-order chi connectivity index (χ0) is 19.8. The fraction of sp³-hybridized carbons (Fsp3) is 0.158. The van der Waals surface area contributed by atoms with Crippen LogP contribution in [0.3, 0.4) is 0 Å². The molecule has 0 saturated heterocycles. The lowest BCUT2D eigenvalue weighted by Crippen LogP contribution is -2.29. The van der Waals surface area contributed by atoms with Crippen LogP contribution in [0, 0.1) is 10.1 Å². The summed E-state index contributed by atoms with van der Waals surface area (Å²) in [6.07, 6.45) is 3.67. The van der Waals surface area contributed by atoms with Crippen molar-refractivity contribution in [3.8, 4) is 0 Å². The third-order valence-electron chi connectivity index (χ3n) is 3.55. The van der Waals surface area contributed by atoms with Crippen LogP contribution in [0.4, 0.5) is 11.4 Å². The van der Waals surface area contributed by atoms with Crippen molar-refractivity contribution >= 4 is 41.1 Å². The average Bonchev–Trinajstić information content (AvgIpc) is 2.67. The minimum Gasteiger partial charge on any atom is -0.449 e. The van der Waals surface area contributed by atoms with E-state index in [4.69, 9.17) is 4.74 Å². The highest BCUT2D eigenvalue weighted by Crippen LogP contribution is 2.23. The van der Waals surface area contributed by atoms with E-state index in [9.17, 15) is 19.7 Å². The molecule has 1 N–H and O–H groups in total. The Balaban J connectivity index is 1.94. The van der Waals surface area contributed by atoms with E-state index in [1.165, 1.54) is 31.2 Å². The number of hydrogen-bond donors (Lipinski definition) is 1. The SMILES string of the molecule is CSc1ccc(/C=C/C(=O)O[C@H](C)C(=O)Nc2ccccc2[N+](=O)[O-])cc1. The van der Waals surface area contributed by atoms with Gasteiger partial charge in [-0.05, 0) is 43.0 Å². The molecule has 27 heavy (non-hydrogen) atoms. The number of nitro benzene ring substituents is 1. The number of esters is 1. The highest BCUT2D eigenvalue weighted by molar-refractivity contribution is 7.98. The molecule has 0 radical (unpaired) electrons. The first kappa shape index (κ1) is 20.2. The molecular formula is C19H18N2O5S. The Morgan fingerprint density at radius 1 is 1.19 bits per heavy atom. The topological polar surface area (TPSA) is 98.5 Å². The summed E-state index contributed by atoms with van der Waals surface area (Å²) in [5, 5.41) is 13.4. The summed E-state index contributed by atoms with van der Waals surface area (Å²) < 4.78 is 5.04. The third-order valence-corrected chi connectivity index (χ3v) is 4.29. The number of hydrogen-bond acceptors (Lipinski definition) is 6. The molecule has 0 unspecified atom stereocenters. The molecule has 7 nitrogen and oxygen atoms in total. The molecule has 2 aromatic carbocycles. The molecule has 0 aliphatic heterocycles. The highest BCUT2D eigenvalue weighted by atomic mass is 32.2. The van der Waals surface area contributed by atoms with E-state index in [1.54, 1.807) is 23.9 Å². The van der Waals surface area contributed by atoms with E-state index in [0.717, 1.165) is 10.5 Å². The normalized spacial score (nSPS) is 11.8. The molecule has 8 heteroatoms. The molecule has 1 atom stereocenters. The maximum absolute atomic E-state index is 12.1. The summed E-state index contributed by atoms with van der Waals surface area (Å²) in [5.74, 6) is -1.34. The molecule has 0 aromatic heterocycles. The van der Waals surface area contributed by atoms with Crippen LogP contribution in [0.15, 0.2) is 59.5 Å². The van der Waals surface area contributed by atoms with Crippen LogP contribution >= 0.6 is 11.8 Å². The van der Waals surface area contributed by atoms with Crippen LogP contribution in [0.1, 0.15) is 12.5 Å². The van der Waals surface area contributed by atoms with Gasteiger partial charge in [0.05, 0.1) is 4.92 Å². The first-order chi connectivity index (χ1) is 12.9. The lowest BCUT2D eigenvalue weighted by Gasteiger charge is -2.12. The number of carbonyl (C=O) groups is 2. The van der Waals surface area contributed by atoms with Crippen molar-refractivity contribution in [3.63, 3.8) is 0 Å². The van der Waals surface area contributed by atoms with Crippen molar-refractivity contribution in [3.05, 3.63) is 70.3 Å². The Hall–Kier alpha value is -3.13. The van der Waals surface area contributed by atoms with Crippen molar-refractivity contribution in [2.24, 2.45) is 0 Å². The minimum absolute atomic E-state index is 0.0415. The summed E-state index contributed by atoms with van der Waals surface area (Å²) in [7, 11) is 0. The molecule has 0 heterocycles. The summed E-state index contributed by atoms with van der Waals surface area (Å²) in [5.41, 5.74) is 0.625. The number of nitro groups is 1. The largest absolute Gasteiger partial charge is 0.449 e. The highest BCUT2D eigenvalue weighted by Gasteiger charge is 2.20. The van der Waals surface area contributed by atoms with Gasteiger partial charge in [-0.25, -0.2) is 4.79 Å². The maximum Gasteiger partial charge on any atom is 0.331 e. The predicted molar refractivity (Wildman–Crippen MR) is 105 cm³/mol. The number of carbonyl (C=O) groups excluding carboxylic acids is 2. The molecule has 140 valence electrons. The second-order valence-electron chi connectivity index (χ2n) is 5.45. The minimum atomic E-state index is -1.11. The van der Waals surface area contributed by atoms with Crippen LogP contribution in [-0.4, -0.2) is 29.2 Å². The molecule has 0 bridgehead atoms. The smallest absolute Gasteiger partial charge is 0.331 e. The standard InChI is InChI=1S/C19H18N2O5S/c1-13(19(23)20-16-5-3-4-6-17(16)21(24)25)26-18(22)12-9-14-7-10-15(27-2)11-8-14/h3-13H,1-2H3,(H,20,23)/b12-9+/t13-/m1/s1. The maximum atomic E-state index is 12.1. The Bertz CT molecular complexity index is 865. The number of anilines is 1. The monoisotopic (exact) mass is 386 g/mol. The van der Waals surface area contributed by atoms with E-state index in [2.05, 4.69) is 5.32 Å². The number of amides is 1. The Morgan fingerprint density at radius 3 is 2.48 bits per heavy atom. The molecule has 0 aliphatic rings. The second-order valence-corrected chi connectivity index (χ2v) is 6.33. The fourth-order valence-electron chi connectivity index (χ4n) is 2.12. The Labute approximate surface area is 160 Å². The number of para-hydroxylation sites is 2. The van der Waals surface area contributed by atoms with Gasteiger partial charge < -0.3 is 10.1 Å². The van der Waals surface area contributed by atoms with Crippen LogP contribution < -0.4 is 5.32 Å². The first-order valence-corrected chi connectivity index (χ1v) is 9.20. The van der Waals surface area contributed by atoms with E-state index < -0.39 is 22.9 Å². The quantitative estimate of drug-likeness (QED) is 0.255. The van der Waals surface area contributed by atoms with Gasteiger partial charge in [-0.15, -0.1) is 11.8 Å². The molecule has 0 spiro atoms. The second kappa shape index (κ2) is 9.54. The number of nitrogens with zero attached hydrogens (tertiary/aromatic N) is 1. The Kier molecular flexibility index (Phi) is 7.13. The molecule has 2 rings (SSSR count). The first-order valence-electron chi connectivity index (χ1n) is 7.97. The third kappa shape index (κ3) is 5.96. The van der Waals surface area contributed by atoms with Crippen LogP contribution in [0.5, 0.6) is 0 Å². The molecule has 2 aromatic rings. The zero-order valence-corrected chi connectivity index (χ0v) is 15.6. The molecule has 0 aliphatic carbocycles. The molecule has 0 fully saturated rings. The van der Waals surface area contributed by atoms with Crippen molar-refractivity contribution in [1.29, 1.82) is 0 Å². The van der Waals surface area contributed by atoms with E-state index >= 15 is 0 Å². The fourth-order valence-corrected chi connectivity index (χ4v) is 2.53. The van der Waals surface area contributed by atoms with Gasteiger partial charge in [0.1, 0.15) is 5.69 Å². The lowest BCUT2D eigenvalue weighted by atomic mass is 10.2. The number of thioether (sulfide) groups is 1. The van der Waals surface area contributed by atoms with E-state index in [-0.39, 0.29) is 11.4 Å². The average molecular weight is 386 g/mol. The van der Waals surface area contributed by atoms with E-state index in [1.807, 2.05) is 30.5 Å². The van der Waals surface area contributed by atoms with Gasteiger partial charge in [0.25, 0.3) is 11.6 Å². The molecule has 1 amide bonds. The van der Waals surface area contributed by atoms with Gasteiger partial charge in [0.2, 0.25) is 0 Å². The van der Waals surface area contributed by atoms with Crippen molar-refractivity contribution in [2.45, 2.75) is 17.9 Å². The number of ether oxygens (including phenoxy) is 1.